The number of aryl methyl sites for hydroxylation is 1. The summed E-state index contributed by atoms with van der Waals surface area (Å²) in [6.45, 7) is 5.75. The van der Waals surface area contributed by atoms with Crippen molar-refractivity contribution < 1.29 is 14.3 Å². The lowest BCUT2D eigenvalue weighted by Crippen LogP contribution is -2.38. The summed E-state index contributed by atoms with van der Waals surface area (Å²) in [5.74, 6) is 0.900. The van der Waals surface area contributed by atoms with Gasteiger partial charge in [0.25, 0.3) is 5.91 Å². The number of likely N-dealkylation sites (N-methyl/N-ethyl adjacent to an activating group) is 1. The molecular weight excluding hydrogens is 440 g/mol. The van der Waals surface area contributed by atoms with Crippen LogP contribution in [-0.2, 0) is 9.47 Å². The van der Waals surface area contributed by atoms with Crippen molar-refractivity contribution in [2.24, 2.45) is 0 Å². The van der Waals surface area contributed by atoms with E-state index in [1.807, 2.05) is 53.4 Å². The van der Waals surface area contributed by atoms with E-state index < -0.39 is 0 Å². The minimum Gasteiger partial charge on any atom is -0.383 e. The van der Waals surface area contributed by atoms with Crippen LogP contribution in [0.1, 0.15) is 15.5 Å². The van der Waals surface area contributed by atoms with Crippen LogP contribution in [0.5, 0.6) is 0 Å². The first kappa shape index (κ1) is 23.1. The summed E-state index contributed by atoms with van der Waals surface area (Å²) in [6, 6.07) is 9.37. The quantitative estimate of drug-likeness (QED) is 0.539. The number of carbonyl (C=O) groups is 1. The van der Waals surface area contributed by atoms with Crippen LogP contribution in [0.4, 0.5) is 17.5 Å². The number of anilines is 3. The number of rotatable bonds is 8. The van der Waals surface area contributed by atoms with E-state index in [0.29, 0.717) is 62.6 Å². The first-order chi connectivity index (χ1) is 16.0. The van der Waals surface area contributed by atoms with E-state index in [1.165, 1.54) is 0 Å². The Morgan fingerprint density at radius 2 is 2.06 bits per heavy atom. The van der Waals surface area contributed by atoms with E-state index in [0.717, 1.165) is 16.3 Å². The van der Waals surface area contributed by atoms with E-state index in [4.69, 9.17) is 14.5 Å². The molecule has 174 valence electrons. The van der Waals surface area contributed by atoms with Crippen LogP contribution in [-0.4, -0.2) is 74.5 Å². The molecule has 4 rings (SSSR count). The first-order valence-electron chi connectivity index (χ1n) is 10.8. The molecule has 10 heteroatoms. The highest BCUT2D eigenvalue weighted by molar-refractivity contribution is 7.09. The fourth-order valence-corrected chi connectivity index (χ4v) is 4.05. The summed E-state index contributed by atoms with van der Waals surface area (Å²) in [5.41, 5.74) is 2.84. The summed E-state index contributed by atoms with van der Waals surface area (Å²) in [4.78, 5) is 31.0. The van der Waals surface area contributed by atoms with Gasteiger partial charge in [-0.15, -0.1) is 11.3 Å². The lowest BCUT2D eigenvalue weighted by atomic mass is 10.1. The van der Waals surface area contributed by atoms with Gasteiger partial charge in [-0.2, -0.15) is 4.98 Å². The normalized spacial score (nSPS) is 13.7. The SMILES string of the molecule is COCCN(C)c1cc(C(=O)Nc2cccc(-c3csc(C)n3)c2)nc(N2CCOCC2)n1. The number of ether oxygens (including phenoxy) is 2. The van der Waals surface area contributed by atoms with Gasteiger partial charge in [-0.05, 0) is 19.1 Å². The molecule has 1 saturated heterocycles. The summed E-state index contributed by atoms with van der Waals surface area (Å²) < 4.78 is 10.6. The van der Waals surface area contributed by atoms with Gasteiger partial charge in [0.15, 0.2) is 0 Å². The van der Waals surface area contributed by atoms with Gasteiger partial charge >= 0.3 is 0 Å². The monoisotopic (exact) mass is 468 g/mol. The number of nitrogens with zero attached hydrogens (tertiary/aromatic N) is 5. The lowest BCUT2D eigenvalue weighted by molar-refractivity contribution is 0.102. The maximum Gasteiger partial charge on any atom is 0.274 e. The van der Waals surface area contributed by atoms with Gasteiger partial charge in [0.05, 0.1) is 30.5 Å². The molecule has 0 bridgehead atoms. The molecule has 0 radical (unpaired) electrons. The minimum atomic E-state index is -0.292. The van der Waals surface area contributed by atoms with Crippen LogP contribution in [0.3, 0.4) is 0 Å². The molecule has 0 unspecified atom stereocenters. The van der Waals surface area contributed by atoms with Gasteiger partial charge in [-0.3, -0.25) is 4.79 Å². The predicted octanol–water partition coefficient (Wildman–Crippen LogP) is 3.08. The zero-order chi connectivity index (χ0) is 23.2. The number of methoxy groups -OCH3 is 1. The molecule has 1 N–H and O–H groups in total. The largest absolute Gasteiger partial charge is 0.383 e. The number of aromatic nitrogens is 3. The Kier molecular flexibility index (Phi) is 7.48. The Balaban J connectivity index is 1.59. The predicted molar refractivity (Wildman–Crippen MR) is 130 cm³/mol. The summed E-state index contributed by atoms with van der Waals surface area (Å²) in [7, 11) is 3.58. The average Bonchev–Trinajstić information content (AvgIpc) is 3.29. The molecular formula is C23H28N6O3S. The van der Waals surface area contributed by atoms with Crippen molar-refractivity contribution in [1.82, 2.24) is 15.0 Å². The number of thiazole rings is 1. The number of amides is 1. The average molecular weight is 469 g/mol. The molecule has 1 aliphatic heterocycles. The molecule has 2 aromatic heterocycles. The Hall–Kier alpha value is -3.08. The minimum absolute atomic E-state index is 0.292. The zero-order valence-electron chi connectivity index (χ0n) is 19.1. The van der Waals surface area contributed by atoms with Crippen molar-refractivity contribution in [3.05, 3.63) is 46.4 Å². The fourth-order valence-electron chi connectivity index (χ4n) is 3.43. The van der Waals surface area contributed by atoms with E-state index >= 15 is 0 Å². The van der Waals surface area contributed by atoms with Crippen LogP contribution >= 0.6 is 11.3 Å². The molecule has 9 nitrogen and oxygen atoms in total. The second-order valence-electron chi connectivity index (χ2n) is 7.71. The molecule has 1 aromatic carbocycles. The van der Waals surface area contributed by atoms with Gasteiger partial charge in [-0.25, -0.2) is 9.97 Å². The molecule has 0 aliphatic carbocycles. The van der Waals surface area contributed by atoms with E-state index in [1.54, 1.807) is 24.5 Å². The third-order valence-electron chi connectivity index (χ3n) is 5.28. The molecule has 3 aromatic rings. The third kappa shape index (κ3) is 5.84. The number of hydrogen-bond donors (Lipinski definition) is 1. The summed E-state index contributed by atoms with van der Waals surface area (Å²) in [5, 5.41) is 5.99. The Morgan fingerprint density at radius 1 is 1.24 bits per heavy atom. The van der Waals surface area contributed by atoms with Gasteiger partial charge in [0.2, 0.25) is 5.95 Å². The topological polar surface area (TPSA) is 92.7 Å². The highest BCUT2D eigenvalue weighted by Gasteiger charge is 2.20. The van der Waals surface area contributed by atoms with Crippen LogP contribution < -0.4 is 15.1 Å². The van der Waals surface area contributed by atoms with E-state index in [-0.39, 0.29) is 5.91 Å². The standard InChI is InChI=1S/C23H28N6O3S/c1-16-24-20(15-33-16)17-5-4-6-18(13-17)25-22(30)19-14-21(28(2)7-10-31-3)27-23(26-19)29-8-11-32-12-9-29/h4-6,13-15H,7-12H2,1-3H3,(H,25,30). The summed E-state index contributed by atoms with van der Waals surface area (Å²) >= 11 is 1.60. The van der Waals surface area contributed by atoms with E-state index in [2.05, 4.69) is 15.3 Å². The van der Waals surface area contributed by atoms with Crippen LogP contribution in [0.15, 0.2) is 35.7 Å². The van der Waals surface area contributed by atoms with Crippen molar-refractivity contribution >= 4 is 34.7 Å². The number of morpholine rings is 1. The zero-order valence-corrected chi connectivity index (χ0v) is 19.9. The number of carbonyl (C=O) groups excluding carboxylic acids is 1. The molecule has 1 aliphatic rings. The molecule has 1 amide bonds. The van der Waals surface area contributed by atoms with Crippen molar-refractivity contribution in [3.63, 3.8) is 0 Å². The highest BCUT2D eigenvalue weighted by Crippen LogP contribution is 2.25. The summed E-state index contributed by atoms with van der Waals surface area (Å²) in [6.07, 6.45) is 0. The van der Waals surface area contributed by atoms with Crippen molar-refractivity contribution in [2.45, 2.75) is 6.92 Å². The van der Waals surface area contributed by atoms with E-state index in [9.17, 15) is 4.79 Å². The second kappa shape index (κ2) is 10.7. The molecule has 0 spiro atoms. The smallest absolute Gasteiger partial charge is 0.274 e. The van der Waals surface area contributed by atoms with Gasteiger partial charge in [0, 0.05) is 56.5 Å². The second-order valence-corrected chi connectivity index (χ2v) is 8.77. The third-order valence-corrected chi connectivity index (χ3v) is 6.06. The number of nitrogens with one attached hydrogen (secondary N) is 1. The molecule has 33 heavy (non-hydrogen) atoms. The van der Waals surface area contributed by atoms with Crippen LogP contribution in [0, 0.1) is 6.92 Å². The molecule has 1 fully saturated rings. The lowest BCUT2D eigenvalue weighted by Gasteiger charge is -2.28. The first-order valence-corrected chi connectivity index (χ1v) is 11.7. The molecule has 0 atom stereocenters. The Labute approximate surface area is 197 Å². The Morgan fingerprint density at radius 3 is 2.79 bits per heavy atom. The Bertz CT molecular complexity index is 1100. The number of hydrogen-bond acceptors (Lipinski definition) is 9. The number of benzene rings is 1. The van der Waals surface area contributed by atoms with Gasteiger partial charge in [-0.1, -0.05) is 12.1 Å². The van der Waals surface area contributed by atoms with Crippen molar-refractivity contribution in [3.8, 4) is 11.3 Å². The van der Waals surface area contributed by atoms with Crippen molar-refractivity contribution in [1.29, 1.82) is 0 Å². The van der Waals surface area contributed by atoms with Gasteiger partial charge < -0.3 is 24.6 Å². The van der Waals surface area contributed by atoms with Crippen LogP contribution in [0.2, 0.25) is 0 Å². The maximum atomic E-state index is 13.2. The molecule has 0 saturated carbocycles. The fraction of sp³-hybridized carbons (Fsp3) is 0.391. The molecule has 3 heterocycles. The van der Waals surface area contributed by atoms with Crippen molar-refractivity contribution in [2.75, 3.05) is 68.7 Å². The maximum absolute atomic E-state index is 13.2. The van der Waals surface area contributed by atoms with Gasteiger partial charge in [0.1, 0.15) is 11.5 Å². The van der Waals surface area contributed by atoms with Crippen LogP contribution in [0.25, 0.3) is 11.3 Å². The highest BCUT2D eigenvalue weighted by atomic mass is 32.1.